The molecule has 2 rings (SSSR count). The summed E-state index contributed by atoms with van der Waals surface area (Å²) in [5, 5.41) is 2.89. The van der Waals surface area contributed by atoms with Crippen molar-refractivity contribution < 1.29 is 19.1 Å². The maximum absolute atomic E-state index is 12.2. The molecule has 5 nitrogen and oxygen atoms in total. The fourth-order valence-corrected chi connectivity index (χ4v) is 2.57. The van der Waals surface area contributed by atoms with Crippen LogP contribution in [0.5, 0.6) is 0 Å². The van der Waals surface area contributed by atoms with E-state index in [1.807, 2.05) is 30.3 Å². The molecule has 1 amide bonds. The number of benzene rings is 1. The van der Waals surface area contributed by atoms with Gasteiger partial charge in [0.1, 0.15) is 0 Å². The molecule has 1 fully saturated rings. The van der Waals surface area contributed by atoms with Crippen LogP contribution in [0.15, 0.2) is 30.3 Å². The molecular weight excluding hydrogens is 282 g/mol. The molecule has 1 N–H and O–H groups in total. The lowest BCUT2D eigenvalue weighted by molar-refractivity contribution is -0.145. The summed E-state index contributed by atoms with van der Waals surface area (Å²) in [7, 11) is 0. The molecule has 5 heteroatoms. The van der Waals surface area contributed by atoms with E-state index >= 15 is 0 Å². The van der Waals surface area contributed by atoms with Crippen molar-refractivity contribution in [2.45, 2.75) is 25.7 Å². The van der Waals surface area contributed by atoms with E-state index in [0.29, 0.717) is 19.8 Å². The van der Waals surface area contributed by atoms with Crippen LogP contribution >= 0.6 is 0 Å². The maximum atomic E-state index is 12.2. The molecule has 22 heavy (non-hydrogen) atoms. The molecule has 1 unspecified atom stereocenters. The van der Waals surface area contributed by atoms with Crippen molar-refractivity contribution >= 4 is 11.9 Å². The first-order chi connectivity index (χ1) is 10.7. The number of ether oxygens (including phenoxy) is 2. The predicted molar refractivity (Wildman–Crippen MR) is 82.4 cm³/mol. The zero-order valence-corrected chi connectivity index (χ0v) is 12.9. The quantitative estimate of drug-likeness (QED) is 0.815. The minimum atomic E-state index is -0.468. The Morgan fingerprint density at radius 1 is 1.27 bits per heavy atom. The summed E-state index contributed by atoms with van der Waals surface area (Å²) in [5.74, 6) is -0.799. The molecule has 1 aromatic carbocycles. The largest absolute Gasteiger partial charge is 0.465 e. The van der Waals surface area contributed by atoms with Crippen molar-refractivity contribution in [3.8, 4) is 0 Å². The molecule has 0 bridgehead atoms. The fourth-order valence-electron chi connectivity index (χ4n) is 2.57. The van der Waals surface area contributed by atoms with Gasteiger partial charge in [-0.25, -0.2) is 0 Å². The highest BCUT2D eigenvalue weighted by Gasteiger charge is 2.26. The second-order valence-electron chi connectivity index (χ2n) is 5.35. The maximum Gasteiger partial charge on any atom is 0.315 e. The number of carbonyl (C=O) groups is 2. The monoisotopic (exact) mass is 305 g/mol. The first-order valence-corrected chi connectivity index (χ1v) is 7.79. The molecule has 0 aliphatic carbocycles. The van der Waals surface area contributed by atoms with Gasteiger partial charge in [0, 0.05) is 25.7 Å². The van der Waals surface area contributed by atoms with Crippen molar-refractivity contribution in [3.05, 3.63) is 35.9 Å². The van der Waals surface area contributed by atoms with Gasteiger partial charge in [0.2, 0.25) is 5.91 Å². The van der Waals surface area contributed by atoms with E-state index in [0.717, 1.165) is 18.4 Å². The number of hydrogen-bond donors (Lipinski definition) is 1. The second-order valence-corrected chi connectivity index (χ2v) is 5.35. The normalized spacial score (nSPS) is 16.8. The van der Waals surface area contributed by atoms with Gasteiger partial charge in [0.15, 0.2) is 0 Å². The van der Waals surface area contributed by atoms with Crippen molar-refractivity contribution in [1.29, 1.82) is 0 Å². The Morgan fingerprint density at radius 3 is 2.59 bits per heavy atom. The van der Waals surface area contributed by atoms with Crippen molar-refractivity contribution in [3.63, 3.8) is 0 Å². The zero-order chi connectivity index (χ0) is 15.8. The van der Waals surface area contributed by atoms with E-state index in [2.05, 4.69) is 5.32 Å². The van der Waals surface area contributed by atoms with E-state index in [1.54, 1.807) is 6.92 Å². The third kappa shape index (κ3) is 4.56. The van der Waals surface area contributed by atoms with Gasteiger partial charge in [-0.1, -0.05) is 30.3 Å². The summed E-state index contributed by atoms with van der Waals surface area (Å²) in [4.78, 5) is 24.3. The number of nitrogens with one attached hydrogen (secondary N) is 1. The van der Waals surface area contributed by atoms with Crippen LogP contribution in [0, 0.1) is 5.92 Å². The first kappa shape index (κ1) is 16.5. The lowest BCUT2D eigenvalue weighted by atomic mass is 9.97. The third-order valence-electron chi connectivity index (χ3n) is 3.85. The molecule has 120 valence electrons. The van der Waals surface area contributed by atoms with Crippen LogP contribution in [0.2, 0.25) is 0 Å². The Kier molecular flexibility index (Phi) is 6.40. The van der Waals surface area contributed by atoms with E-state index in [1.165, 1.54) is 0 Å². The van der Waals surface area contributed by atoms with Gasteiger partial charge in [-0.3, -0.25) is 9.59 Å². The fraction of sp³-hybridized carbons (Fsp3) is 0.529. The Hall–Kier alpha value is -1.88. The van der Waals surface area contributed by atoms with Crippen LogP contribution in [-0.4, -0.2) is 38.2 Å². The van der Waals surface area contributed by atoms with Gasteiger partial charge in [-0.15, -0.1) is 0 Å². The predicted octanol–water partition coefficient (Wildman–Crippen LogP) is 1.88. The van der Waals surface area contributed by atoms with Gasteiger partial charge >= 0.3 is 5.97 Å². The Balaban J connectivity index is 1.97. The molecule has 1 heterocycles. The molecule has 1 aromatic rings. The van der Waals surface area contributed by atoms with E-state index in [4.69, 9.17) is 9.47 Å². The van der Waals surface area contributed by atoms with Crippen LogP contribution in [-0.2, 0) is 19.1 Å². The van der Waals surface area contributed by atoms with Crippen molar-refractivity contribution in [1.82, 2.24) is 5.32 Å². The average molecular weight is 305 g/mol. The lowest BCUT2D eigenvalue weighted by Gasteiger charge is -2.23. The molecule has 0 saturated carbocycles. The molecule has 1 atom stereocenters. The van der Waals surface area contributed by atoms with E-state index in [-0.39, 0.29) is 24.3 Å². The summed E-state index contributed by atoms with van der Waals surface area (Å²) in [6, 6.07) is 9.40. The Labute approximate surface area is 131 Å². The SMILES string of the molecule is CCOC(=O)C(CNC(=O)C1CCOCC1)c1ccccc1. The molecule has 0 spiro atoms. The molecule has 1 aliphatic rings. The molecule has 1 saturated heterocycles. The van der Waals surface area contributed by atoms with Gasteiger partial charge in [-0.05, 0) is 25.3 Å². The van der Waals surface area contributed by atoms with Crippen LogP contribution in [0.3, 0.4) is 0 Å². The Morgan fingerprint density at radius 2 is 1.95 bits per heavy atom. The third-order valence-corrected chi connectivity index (χ3v) is 3.85. The molecule has 1 aliphatic heterocycles. The van der Waals surface area contributed by atoms with E-state index in [9.17, 15) is 9.59 Å². The highest BCUT2D eigenvalue weighted by atomic mass is 16.5. The Bertz CT molecular complexity index is 483. The van der Waals surface area contributed by atoms with Crippen LogP contribution < -0.4 is 5.32 Å². The number of esters is 1. The topological polar surface area (TPSA) is 64.6 Å². The molecular formula is C17H23NO4. The second kappa shape index (κ2) is 8.54. The van der Waals surface area contributed by atoms with Crippen LogP contribution in [0.1, 0.15) is 31.2 Å². The summed E-state index contributed by atoms with van der Waals surface area (Å²) >= 11 is 0. The first-order valence-electron chi connectivity index (χ1n) is 7.79. The standard InChI is InChI=1S/C17H23NO4/c1-2-22-17(20)15(13-6-4-3-5-7-13)12-18-16(19)14-8-10-21-11-9-14/h3-7,14-15H,2,8-12H2,1H3,(H,18,19). The number of carbonyl (C=O) groups excluding carboxylic acids is 2. The van der Waals surface area contributed by atoms with Crippen molar-refractivity contribution in [2.75, 3.05) is 26.4 Å². The van der Waals surface area contributed by atoms with Crippen molar-refractivity contribution in [2.24, 2.45) is 5.92 Å². The van der Waals surface area contributed by atoms with Gasteiger partial charge in [-0.2, -0.15) is 0 Å². The summed E-state index contributed by atoms with van der Waals surface area (Å²) in [5.41, 5.74) is 0.855. The van der Waals surface area contributed by atoms with E-state index < -0.39 is 5.92 Å². The van der Waals surface area contributed by atoms with Gasteiger partial charge < -0.3 is 14.8 Å². The highest BCUT2D eigenvalue weighted by molar-refractivity contribution is 5.82. The molecule has 0 aromatic heterocycles. The number of rotatable bonds is 6. The minimum Gasteiger partial charge on any atom is -0.465 e. The van der Waals surface area contributed by atoms with Gasteiger partial charge in [0.25, 0.3) is 0 Å². The van der Waals surface area contributed by atoms with Gasteiger partial charge in [0.05, 0.1) is 12.5 Å². The number of hydrogen-bond acceptors (Lipinski definition) is 4. The minimum absolute atomic E-state index is 0.00599. The average Bonchev–Trinajstić information content (AvgIpc) is 2.57. The smallest absolute Gasteiger partial charge is 0.315 e. The number of amides is 1. The molecule has 0 radical (unpaired) electrons. The summed E-state index contributed by atoms with van der Waals surface area (Å²) in [6.07, 6.45) is 1.47. The zero-order valence-electron chi connectivity index (χ0n) is 12.9. The highest BCUT2D eigenvalue weighted by Crippen LogP contribution is 2.18. The van der Waals surface area contributed by atoms with Crippen LogP contribution in [0.4, 0.5) is 0 Å². The summed E-state index contributed by atoms with van der Waals surface area (Å²) in [6.45, 7) is 3.62. The summed E-state index contributed by atoms with van der Waals surface area (Å²) < 4.78 is 10.4. The van der Waals surface area contributed by atoms with Crippen LogP contribution in [0.25, 0.3) is 0 Å². The lowest BCUT2D eigenvalue weighted by Crippen LogP contribution is -2.38.